The number of unbranched alkanes of at least 4 members (excludes halogenated alkanes) is 1. The van der Waals surface area contributed by atoms with E-state index in [4.69, 9.17) is 0 Å². The molecule has 0 unspecified atom stereocenters. The zero-order chi connectivity index (χ0) is 10.7. The minimum Gasteiger partial charge on any atom is -0.385 e. The van der Waals surface area contributed by atoms with Crippen molar-refractivity contribution in [3.63, 3.8) is 0 Å². The second kappa shape index (κ2) is 4.82. The van der Waals surface area contributed by atoms with Gasteiger partial charge in [-0.25, -0.2) is 0 Å². The lowest BCUT2D eigenvalue weighted by Gasteiger charge is -2.31. The number of ketones is 1. The minimum absolute atomic E-state index is 0.401. The Labute approximate surface area is 92.1 Å². The molecule has 1 aliphatic heterocycles. The van der Waals surface area contributed by atoms with Gasteiger partial charge >= 0.3 is 0 Å². The van der Waals surface area contributed by atoms with Crippen molar-refractivity contribution in [2.24, 2.45) is 0 Å². The van der Waals surface area contributed by atoms with Crippen molar-refractivity contribution >= 4 is 5.78 Å². The quantitative estimate of drug-likeness (QED) is 0.771. The standard InChI is InChI=1S/C13H21NO/c1-2-3-5-10-8-9-11-12(14-10)6-4-7-13(11)15/h10,14H,2-9H2,1H3/t10-/m0/s1. The number of hydrogen-bond acceptors (Lipinski definition) is 2. The van der Waals surface area contributed by atoms with Crippen LogP contribution in [0, 0.1) is 0 Å². The molecule has 2 nitrogen and oxygen atoms in total. The van der Waals surface area contributed by atoms with Gasteiger partial charge in [-0.1, -0.05) is 19.8 Å². The van der Waals surface area contributed by atoms with Gasteiger partial charge in [0.2, 0.25) is 0 Å². The van der Waals surface area contributed by atoms with E-state index in [0.29, 0.717) is 11.8 Å². The summed E-state index contributed by atoms with van der Waals surface area (Å²) >= 11 is 0. The Kier molecular flexibility index (Phi) is 3.45. The van der Waals surface area contributed by atoms with E-state index in [-0.39, 0.29) is 0 Å². The molecule has 2 rings (SSSR count). The van der Waals surface area contributed by atoms with Crippen LogP contribution in [-0.4, -0.2) is 11.8 Å². The van der Waals surface area contributed by atoms with E-state index in [0.717, 1.165) is 37.7 Å². The van der Waals surface area contributed by atoms with Crippen LogP contribution in [0.3, 0.4) is 0 Å². The van der Waals surface area contributed by atoms with E-state index in [9.17, 15) is 4.79 Å². The smallest absolute Gasteiger partial charge is 0.160 e. The van der Waals surface area contributed by atoms with Gasteiger partial charge in [0.15, 0.2) is 5.78 Å². The lowest BCUT2D eigenvalue weighted by atomic mass is 9.86. The average molecular weight is 207 g/mol. The molecule has 0 radical (unpaired) electrons. The summed E-state index contributed by atoms with van der Waals surface area (Å²) in [5, 5.41) is 3.58. The Balaban J connectivity index is 1.97. The molecular formula is C13H21NO. The van der Waals surface area contributed by atoms with Gasteiger partial charge in [-0.2, -0.15) is 0 Å². The number of Topliss-reactive ketones (excluding diaryl/α,β-unsaturated/α-hetero) is 1. The van der Waals surface area contributed by atoms with Gasteiger partial charge in [0, 0.05) is 23.7 Å². The number of allylic oxidation sites excluding steroid dienone is 2. The van der Waals surface area contributed by atoms with Gasteiger partial charge < -0.3 is 5.32 Å². The first kappa shape index (κ1) is 10.7. The second-order valence-electron chi connectivity index (χ2n) is 4.76. The highest BCUT2D eigenvalue weighted by molar-refractivity contribution is 5.96. The monoisotopic (exact) mass is 207 g/mol. The normalized spacial score (nSPS) is 26.2. The fourth-order valence-corrected chi connectivity index (χ4v) is 2.65. The molecule has 1 atom stereocenters. The molecule has 1 N–H and O–H groups in total. The molecule has 1 aliphatic carbocycles. The van der Waals surface area contributed by atoms with Crippen molar-refractivity contribution in [3.05, 3.63) is 11.3 Å². The fraction of sp³-hybridized carbons (Fsp3) is 0.769. The molecule has 0 spiro atoms. The van der Waals surface area contributed by atoms with Crippen molar-refractivity contribution in [3.8, 4) is 0 Å². The van der Waals surface area contributed by atoms with E-state index in [1.165, 1.54) is 25.0 Å². The number of carbonyl (C=O) groups is 1. The maximum absolute atomic E-state index is 11.7. The highest BCUT2D eigenvalue weighted by Crippen LogP contribution is 2.29. The number of carbonyl (C=O) groups excluding carboxylic acids is 1. The third kappa shape index (κ3) is 2.42. The maximum Gasteiger partial charge on any atom is 0.160 e. The van der Waals surface area contributed by atoms with Crippen molar-refractivity contribution in [2.75, 3.05) is 0 Å². The molecule has 0 saturated heterocycles. The summed E-state index contributed by atoms with van der Waals surface area (Å²) in [7, 11) is 0. The maximum atomic E-state index is 11.7. The van der Waals surface area contributed by atoms with Crippen LogP contribution in [0.5, 0.6) is 0 Å². The molecule has 2 aliphatic rings. The topological polar surface area (TPSA) is 29.1 Å². The summed E-state index contributed by atoms with van der Waals surface area (Å²) in [5.74, 6) is 0.401. The molecule has 15 heavy (non-hydrogen) atoms. The summed E-state index contributed by atoms with van der Waals surface area (Å²) < 4.78 is 0. The largest absolute Gasteiger partial charge is 0.385 e. The molecule has 0 aromatic rings. The molecule has 0 bridgehead atoms. The highest BCUT2D eigenvalue weighted by Gasteiger charge is 2.26. The first-order chi connectivity index (χ1) is 7.31. The third-order valence-electron chi connectivity index (χ3n) is 3.56. The Morgan fingerprint density at radius 2 is 2.20 bits per heavy atom. The Bertz CT molecular complexity index is 280. The van der Waals surface area contributed by atoms with Gasteiger partial charge in [-0.05, 0) is 32.1 Å². The molecule has 0 aromatic carbocycles. The summed E-state index contributed by atoms with van der Waals surface area (Å²) in [6.45, 7) is 2.23. The van der Waals surface area contributed by atoms with Crippen molar-refractivity contribution < 1.29 is 4.79 Å². The first-order valence-electron chi connectivity index (χ1n) is 6.33. The van der Waals surface area contributed by atoms with Gasteiger partial charge in [-0.3, -0.25) is 4.79 Å². The molecule has 84 valence electrons. The summed E-state index contributed by atoms with van der Waals surface area (Å²) in [4.78, 5) is 11.7. The number of hydrogen-bond donors (Lipinski definition) is 1. The first-order valence-corrected chi connectivity index (χ1v) is 6.33. The van der Waals surface area contributed by atoms with Crippen LogP contribution in [0.4, 0.5) is 0 Å². The van der Waals surface area contributed by atoms with E-state index in [2.05, 4.69) is 12.2 Å². The molecule has 0 saturated carbocycles. The lowest BCUT2D eigenvalue weighted by molar-refractivity contribution is -0.116. The predicted octanol–water partition coefficient (Wildman–Crippen LogP) is 2.94. The highest BCUT2D eigenvalue weighted by atomic mass is 16.1. The van der Waals surface area contributed by atoms with Crippen molar-refractivity contribution in [1.29, 1.82) is 0 Å². The van der Waals surface area contributed by atoms with Gasteiger partial charge in [0.05, 0.1) is 0 Å². The summed E-state index contributed by atoms with van der Waals surface area (Å²) in [6.07, 6.45) is 8.94. The van der Waals surface area contributed by atoms with Crippen molar-refractivity contribution in [2.45, 2.75) is 64.3 Å². The van der Waals surface area contributed by atoms with Crippen molar-refractivity contribution in [1.82, 2.24) is 5.32 Å². The van der Waals surface area contributed by atoms with Gasteiger partial charge in [-0.15, -0.1) is 0 Å². The average Bonchev–Trinajstić information content (AvgIpc) is 2.26. The molecule has 0 amide bonds. The second-order valence-corrected chi connectivity index (χ2v) is 4.76. The SMILES string of the molecule is CCCC[C@H]1CCC2=C(CCCC2=O)N1. The van der Waals surface area contributed by atoms with Gasteiger partial charge in [0.1, 0.15) is 0 Å². The van der Waals surface area contributed by atoms with E-state index >= 15 is 0 Å². The Morgan fingerprint density at radius 3 is 3.00 bits per heavy atom. The van der Waals surface area contributed by atoms with Crippen LogP contribution in [0.1, 0.15) is 58.3 Å². The molecule has 1 heterocycles. The third-order valence-corrected chi connectivity index (χ3v) is 3.56. The van der Waals surface area contributed by atoms with Crippen LogP contribution in [0.15, 0.2) is 11.3 Å². The van der Waals surface area contributed by atoms with Crippen LogP contribution in [0.2, 0.25) is 0 Å². The van der Waals surface area contributed by atoms with Crippen LogP contribution in [-0.2, 0) is 4.79 Å². The Hall–Kier alpha value is -0.790. The summed E-state index contributed by atoms with van der Waals surface area (Å²) in [5.41, 5.74) is 2.40. The predicted molar refractivity (Wildman–Crippen MR) is 61.6 cm³/mol. The van der Waals surface area contributed by atoms with Gasteiger partial charge in [0.25, 0.3) is 0 Å². The lowest BCUT2D eigenvalue weighted by Crippen LogP contribution is -2.36. The van der Waals surface area contributed by atoms with E-state index in [1.54, 1.807) is 0 Å². The zero-order valence-corrected chi connectivity index (χ0v) is 9.64. The van der Waals surface area contributed by atoms with E-state index < -0.39 is 0 Å². The summed E-state index contributed by atoms with van der Waals surface area (Å²) in [6, 6.07) is 0.634. The fourth-order valence-electron chi connectivity index (χ4n) is 2.65. The van der Waals surface area contributed by atoms with Crippen LogP contribution >= 0.6 is 0 Å². The molecule has 0 fully saturated rings. The van der Waals surface area contributed by atoms with Crippen LogP contribution < -0.4 is 5.32 Å². The molecule has 0 aromatic heterocycles. The Morgan fingerprint density at radius 1 is 1.33 bits per heavy atom. The zero-order valence-electron chi connectivity index (χ0n) is 9.64. The van der Waals surface area contributed by atoms with Crippen LogP contribution in [0.25, 0.3) is 0 Å². The molecule has 2 heteroatoms. The van der Waals surface area contributed by atoms with E-state index in [1.807, 2.05) is 0 Å². The number of rotatable bonds is 3. The minimum atomic E-state index is 0.401. The number of nitrogens with one attached hydrogen (secondary N) is 1. The molecular weight excluding hydrogens is 186 g/mol.